The monoisotopic (exact) mass is 280 g/mol. The molecule has 3 heterocycles. The van der Waals surface area contributed by atoms with Crippen LogP contribution in [0.5, 0.6) is 0 Å². The number of piperidine rings is 1. The predicted molar refractivity (Wildman–Crippen MR) is 75.9 cm³/mol. The van der Waals surface area contributed by atoms with Crippen molar-refractivity contribution in [1.29, 1.82) is 0 Å². The summed E-state index contributed by atoms with van der Waals surface area (Å²) in [6, 6.07) is 0. The third kappa shape index (κ3) is 2.71. The van der Waals surface area contributed by atoms with Crippen LogP contribution in [0.4, 0.5) is 5.13 Å². The van der Waals surface area contributed by atoms with Gasteiger partial charge in [-0.25, -0.2) is 9.97 Å². The first-order valence-electron chi connectivity index (χ1n) is 6.13. The molecular weight excluding hydrogens is 264 g/mol. The van der Waals surface area contributed by atoms with Crippen LogP contribution in [0.1, 0.15) is 28.6 Å². The zero-order valence-corrected chi connectivity index (χ0v) is 11.7. The van der Waals surface area contributed by atoms with E-state index in [-0.39, 0.29) is 0 Å². The molecule has 0 amide bonds. The Kier molecular flexibility index (Phi) is 3.58. The first-order chi connectivity index (χ1) is 8.81. The van der Waals surface area contributed by atoms with Crippen LogP contribution in [0, 0.1) is 0 Å². The number of aromatic nitrogens is 2. The molecule has 6 heteroatoms. The molecule has 0 aliphatic carbocycles. The van der Waals surface area contributed by atoms with Crippen molar-refractivity contribution in [3.63, 3.8) is 0 Å². The number of nitrogen functional groups attached to an aromatic ring is 1. The summed E-state index contributed by atoms with van der Waals surface area (Å²) in [6.07, 6.45) is 6.31. The van der Waals surface area contributed by atoms with Gasteiger partial charge in [-0.05, 0) is 19.4 Å². The molecule has 1 fully saturated rings. The van der Waals surface area contributed by atoms with E-state index in [0.29, 0.717) is 11.0 Å². The van der Waals surface area contributed by atoms with E-state index in [1.165, 1.54) is 29.3 Å². The summed E-state index contributed by atoms with van der Waals surface area (Å²) < 4.78 is 0. The van der Waals surface area contributed by atoms with Crippen LogP contribution in [0.2, 0.25) is 0 Å². The number of nitrogens with two attached hydrogens (primary N) is 1. The van der Waals surface area contributed by atoms with Crippen molar-refractivity contribution >= 4 is 27.8 Å². The summed E-state index contributed by atoms with van der Waals surface area (Å²) in [4.78, 5) is 12.3. The molecule has 1 unspecified atom stereocenters. The van der Waals surface area contributed by atoms with Crippen LogP contribution in [-0.2, 0) is 6.54 Å². The molecule has 1 aliphatic rings. The predicted octanol–water partition coefficient (Wildman–Crippen LogP) is 2.56. The van der Waals surface area contributed by atoms with Crippen LogP contribution < -0.4 is 5.73 Å². The minimum absolute atomic E-state index is 0.601. The molecule has 0 saturated carbocycles. The summed E-state index contributed by atoms with van der Waals surface area (Å²) in [5.41, 5.74) is 5.67. The Bertz CT molecular complexity index is 494. The molecule has 4 nitrogen and oxygen atoms in total. The maximum atomic E-state index is 5.67. The Labute approximate surface area is 114 Å². The molecule has 0 bridgehead atoms. The fourth-order valence-electron chi connectivity index (χ4n) is 2.45. The average molecular weight is 280 g/mol. The number of anilines is 1. The highest BCUT2D eigenvalue weighted by atomic mass is 32.1. The summed E-state index contributed by atoms with van der Waals surface area (Å²) in [5.74, 6) is 0.601. The molecule has 3 rings (SSSR count). The molecule has 1 aliphatic heterocycles. The molecule has 0 spiro atoms. The minimum Gasteiger partial charge on any atom is -0.375 e. The molecule has 2 N–H and O–H groups in total. The highest BCUT2D eigenvalue weighted by molar-refractivity contribution is 7.15. The van der Waals surface area contributed by atoms with Crippen molar-refractivity contribution in [3.05, 3.63) is 27.7 Å². The van der Waals surface area contributed by atoms with Gasteiger partial charge in [0.15, 0.2) is 5.13 Å². The van der Waals surface area contributed by atoms with Gasteiger partial charge in [-0.2, -0.15) is 0 Å². The van der Waals surface area contributed by atoms with Gasteiger partial charge in [0.25, 0.3) is 0 Å². The topological polar surface area (TPSA) is 55.0 Å². The van der Waals surface area contributed by atoms with Crippen LogP contribution in [0.3, 0.4) is 0 Å². The zero-order chi connectivity index (χ0) is 12.4. The maximum absolute atomic E-state index is 5.67. The third-order valence-electron chi connectivity index (χ3n) is 3.26. The van der Waals surface area contributed by atoms with Gasteiger partial charge >= 0.3 is 0 Å². The summed E-state index contributed by atoms with van der Waals surface area (Å²) in [6.45, 7) is 3.24. The standard InChI is InChI=1S/C12H16N4S2/c13-12-15-6-10(18-12)8-16-4-1-2-9(7-16)11-14-3-5-17-11/h3,5-6,9H,1-2,4,7-8H2,(H2,13,15). The Morgan fingerprint density at radius 3 is 3.11 bits per heavy atom. The molecule has 1 atom stereocenters. The van der Waals surface area contributed by atoms with Crippen LogP contribution in [0.15, 0.2) is 17.8 Å². The fourth-order valence-corrected chi connectivity index (χ4v) is 3.95. The Morgan fingerprint density at radius 1 is 1.44 bits per heavy atom. The van der Waals surface area contributed by atoms with Gasteiger partial charge in [-0.15, -0.1) is 22.7 Å². The van der Waals surface area contributed by atoms with Crippen molar-refractivity contribution < 1.29 is 0 Å². The number of thiazole rings is 2. The lowest BCUT2D eigenvalue weighted by atomic mass is 9.99. The lowest BCUT2D eigenvalue weighted by Crippen LogP contribution is -2.33. The van der Waals surface area contributed by atoms with Gasteiger partial charge in [-0.1, -0.05) is 0 Å². The lowest BCUT2D eigenvalue weighted by Gasteiger charge is -2.31. The quantitative estimate of drug-likeness (QED) is 0.939. The second kappa shape index (κ2) is 5.34. The van der Waals surface area contributed by atoms with E-state index in [1.807, 2.05) is 12.4 Å². The first-order valence-corrected chi connectivity index (χ1v) is 7.83. The summed E-state index contributed by atoms with van der Waals surface area (Å²) in [7, 11) is 0. The molecular formula is C12H16N4S2. The van der Waals surface area contributed by atoms with Crippen molar-refractivity contribution in [2.75, 3.05) is 18.8 Å². The van der Waals surface area contributed by atoms with Crippen LogP contribution in [-0.4, -0.2) is 28.0 Å². The van der Waals surface area contributed by atoms with Gasteiger partial charge in [0.05, 0.1) is 5.01 Å². The third-order valence-corrected chi connectivity index (χ3v) is 5.01. The number of hydrogen-bond acceptors (Lipinski definition) is 6. The van der Waals surface area contributed by atoms with Gasteiger partial charge in [-0.3, -0.25) is 4.90 Å². The van der Waals surface area contributed by atoms with Gasteiger partial charge in [0.1, 0.15) is 0 Å². The van der Waals surface area contributed by atoms with E-state index in [4.69, 9.17) is 5.73 Å². The van der Waals surface area contributed by atoms with Crippen molar-refractivity contribution in [1.82, 2.24) is 14.9 Å². The van der Waals surface area contributed by atoms with E-state index in [9.17, 15) is 0 Å². The zero-order valence-electron chi connectivity index (χ0n) is 10.1. The maximum Gasteiger partial charge on any atom is 0.180 e. The number of likely N-dealkylation sites (tertiary alicyclic amines) is 1. The van der Waals surface area contributed by atoms with E-state index >= 15 is 0 Å². The molecule has 0 radical (unpaired) electrons. The van der Waals surface area contributed by atoms with Gasteiger partial charge in [0.2, 0.25) is 0 Å². The summed E-state index contributed by atoms with van der Waals surface area (Å²) >= 11 is 3.37. The van der Waals surface area contributed by atoms with Crippen molar-refractivity contribution in [3.8, 4) is 0 Å². The Morgan fingerprint density at radius 2 is 2.39 bits per heavy atom. The molecule has 2 aromatic heterocycles. The van der Waals surface area contributed by atoms with Gasteiger partial charge in [0, 0.05) is 41.7 Å². The van der Waals surface area contributed by atoms with E-state index in [1.54, 1.807) is 22.7 Å². The van der Waals surface area contributed by atoms with Crippen LogP contribution >= 0.6 is 22.7 Å². The minimum atomic E-state index is 0.601. The van der Waals surface area contributed by atoms with Crippen molar-refractivity contribution in [2.45, 2.75) is 25.3 Å². The molecule has 2 aromatic rings. The summed E-state index contributed by atoms with van der Waals surface area (Å²) in [5, 5.41) is 4.01. The second-order valence-corrected chi connectivity index (χ2v) is 6.68. The number of hydrogen-bond donors (Lipinski definition) is 1. The normalized spacial score (nSPS) is 21.2. The second-order valence-electron chi connectivity index (χ2n) is 4.61. The largest absolute Gasteiger partial charge is 0.375 e. The first kappa shape index (κ1) is 12.1. The van der Waals surface area contributed by atoms with E-state index in [0.717, 1.165) is 13.1 Å². The lowest BCUT2D eigenvalue weighted by molar-refractivity contribution is 0.201. The smallest absolute Gasteiger partial charge is 0.180 e. The van der Waals surface area contributed by atoms with Crippen molar-refractivity contribution in [2.24, 2.45) is 0 Å². The number of rotatable bonds is 3. The van der Waals surface area contributed by atoms with Crippen LogP contribution in [0.25, 0.3) is 0 Å². The Hall–Kier alpha value is -0.980. The van der Waals surface area contributed by atoms with Gasteiger partial charge < -0.3 is 5.73 Å². The average Bonchev–Trinajstić information content (AvgIpc) is 3.01. The molecule has 0 aromatic carbocycles. The fraction of sp³-hybridized carbons (Fsp3) is 0.500. The highest BCUT2D eigenvalue weighted by Crippen LogP contribution is 2.29. The highest BCUT2D eigenvalue weighted by Gasteiger charge is 2.23. The molecule has 96 valence electrons. The number of nitrogens with zero attached hydrogens (tertiary/aromatic N) is 3. The molecule has 1 saturated heterocycles. The Balaban J connectivity index is 1.63. The molecule has 18 heavy (non-hydrogen) atoms. The van der Waals surface area contributed by atoms with E-state index < -0.39 is 0 Å². The van der Waals surface area contributed by atoms with E-state index in [2.05, 4.69) is 20.2 Å². The SMILES string of the molecule is Nc1ncc(CN2CCCC(c3nccs3)C2)s1.